The highest BCUT2D eigenvalue weighted by atomic mass is 35.5. The molecule has 0 bridgehead atoms. The van der Waals surface area contributed by atoms with E-state index < -0.39 is 17.7 Å². The van der Waals surface area contributed by atoms with Crippen molar-refractivity contribution < 1.29 is 23.1 Å². The summed E-state index contributed by atoms with van der Waals surface area (Å²) in [5.74, 6) is -1.26. The normalized spacial score (nSPS) is 11.8. The maximum Gasteiger partial charge on any atom is 0.418 e. The third-order valence-electron chi connectivity index (χ3n) is 1.75. The summed E-state index contributed by atoms with van der Waals surface area (Å²) in [6, 6.07) is 3.16. The second-order valence-corrected chi connectivity index (χ2v) is 3.44. The Hall–Kier alpha value is -1.69. The fourth-order valence-electron chi connectivity index (χ4n) is 1.08. The molecule has 1 aromatic rings. The van der Waals surface area contributed by atoms with E-state index >= 15 is 0 Å². The van der Waals surface area contributed by atoms with Crippen LogP contribution in [0.3, 0.4) is 0 Å². The van der Waals surface area contributed by atoms with Crippen molar-refractivity contribution in [2.24, 2.45) is 0 Å². The molecule has 2 N–H and O–H groups in total. The first-order chi connectivity index (χ1) is 7.80. The van der Waals surface area contributed by atoms with Crippen LogP contribution in [-0.2, 0) is 11.0 Å². The van der Waals surface area contributed by atoms with E-state index in [-0.39, 0.29) is 10.7 Å². The number of rotatable bonds is 3. The van der Waals surface area contributed by atoms with Gasteiger partial charge in [-0.25, -0.2) is 4.79 Å². The second-order valence-electron chi connectivity index (χ2n) is 3.00. The lowest BCUT2D eigenvalue weighted by molar-refractivity contribution is -0.137. The molecule has 17 heavy (non-hydrogen) atoms. The highest BCUT2D eigenvalue weighted by Gasteiger charge is 2.33. The highest BCUT2D eigenvalue weighted by Crippen LogP contribution is 2.36. The van der Waals surface area contributed by atoms with Crippen LogP contribution in [0.2, 0.25) is 5.02 Å². The van der Waals surface area contributed by atoms with Gasteiger partial charge in [0.05, 0.1) is 11.3 Å². The van der Waals surface area contributed by atoms with E-state index in [0.29, 0.717) is 6.08 Å². The van der Waals surface area contributed by atoms with Gasteiger partial charge in [-0.15, -0.1) is 0 Å². The summed E-state index contributed by atoms with van der Waals surface area (Å²) in [6.07, 6.45) is -2.97. The van der Waals surface area contributed by atoms with Crippen molar-refractivity contribution in [3.8, 4) is 0 Å². The zero-order valence-corrected chi connectivity index (χ0v) is 9.01. The Morgan fingerprint density at radius 3 is 2.59 bits per heavy atom. The molecule has 0 aliphatic heterocycles. The third kappa shape index (κ3) is 3.99. The van der Waals surface area contributed by atoms with Crippen LogP contribution in [0.5, 0.6) is 0 Å². The van der Waals surface area contributed by atoms with Gasteiger partial charge in [0.15, 0.2) is 0 Å². The van der Waals surface area contributed by atoms with Gasteiger partial charge in [-0.05, 0) is 18.2 Å². The lowest BCUT2D eigenvalue weighted by atomic mass is 10.1. The first-order valence-corrected chi connectivity index (χ1v) is 4.71. The molecule has 0 heterocycles. The minimum atomic E-state index is -4.57. The van der Waals surface area contributed by atoms with Crippen LogP contribution in [-0.4, -0.2) is 11.1 Å². The van der Waals surface area contributed by atoms with Crippen molar-refractivity contribution in [2.45, 2.75) is 6.18 Å². The molecular formula is C10H7ClF3NO2. The maximum atomic E-state index is 12.6. The van der Waals surface area contributed by atoms with E-state index in [1.54, 1.807) is 0 Å². The minimum Gasteiger partial charge on any atom is -0.478 e. The van der Waals surface area contributed by atoms with Crippen LogP contribution in [0, 0.1) is 0 Å². The van der Waals surface area contributed by atoms with Crippen LogP contribution in [0.4, 0.5) is 18.9 Å². The van der Waals surface area contributed by atoms with Gasteiger partial charge in [-0.1, -0.05) is 11.6 Å². The van der Waals surface area contributed by atoms with Gasteiger partial charge in [0, 0.05) is 17.3 Å². The molecule has 0 saturated carbocycles. The molecule has 0 aliphatic rings. The number of carboxylic acid groups (broad SMARTS) is 1. The number of hydrogen-bond acceptors (Lipinski definition) is 2. The van der Waals surface area contributed by atoms with E-state index in [4.69, 9.17) is 16.7 Å². The molecule has 0 aliphatic carbocycles. The zero-order chi connectivity index (χ0) is 13.1. The van der Waals surface area contributed by atoms with Gasteiger partial charge in [0.2, 0.25) is 0 Å². The monoisotopic (exact) mass is 265 g/mol. The summed E-state index contributed by atoms with van der Waals surface area (Å²) in [6.45, 7) is 0. The van der Waals surface area contributed by atoms with Crippen LogP contribution in [0.1, 0.15) is 5.56 Å². The molecule has 0 radical (unpaired) electrons. The van der Waals surface area contributed by atoms with Crippen molar-refractivity contribution in [2.75, 3.05) is 5.32 Å². The summed E-state index contributed by atoms with van der Waals surface area (Å²) in [4.78, 5) is 10.2. The van der Waals surface area contributed by atoms with Crippen LogP contribution < -0.4 is 5.32 Å². The van der Waals surface area contributed by atoms with Crippen LogP contribution in [0.15, 0.2) is 30.5 Å². The van der Waals surface area contributed by atoms with Gasteiger partial charge in [-0.2, -0.15) is 13.2 Å². The Kier molecular flexibility index (Phi) is 4.01. The second kappa shape index (κ2) is 5.09. The van der Waals surface area contributed by atoms with E-state index in [9.17, 15) is 18.0 Å². The van der Waals surface area contributed by atoms with E-state index in [1.165, 1.54) is 6.07 Å². The van der Waals surface area contributed by atoms with Crippen molar-refractivity contribution in [1.29, 1.82) is 0 Å². The summed E-state index contributed by atoms with van der Waals surface area (Å²) in [5.41, 5.74) is -1.22. The number of carbonyl (C=O) groups is 1. The van der Waals surface area contributed by atoms with Gasteiger partial charge in [0.1, 0.15) is 0 Å². The molecule has 3 nitrogen and oxygen atoms in total. The number of nitrogens with one attached hydrogen (secondary N) is 1. The molecule has 0 fully saturated rings. The number of benzene rings is 1. The lowest BCUT2D eigenvalue weighted by Crippen LogP contribution is -2.08. The van der Waals surface area contributed by atoms with Gasteiger partial charge in [0.25, 0.3) is 0 Å². The largest absolute Gasteiger partial charge is 0.478 e. The first-order valence-electron chi connectivity index (χ1n) is 4.33. The molecule has 7 heteroatoms. The molecule has 0 aromatic heterocycles. The maximum absolute atomic E-state index is 12.6. The average molecular weight is 266 g/mol. The molecule has 0 amide bonds. The number of halogens is 4. The van der Waals surface area contributed by atoms with E-state index in [0.717, 1.165) is 18.3 Å². The van der Waals surface area contributed by atoms with Gasteiger partial charge in [-0.3, -0.25) is 0 Å². The Bertz CT molecular complexity index is 457. The van der Waals surface area contributed by atoms with Crippen molar-refractivity contribution in [3.05, 3.63) is 41.1 Å². The quantitative estimate of drug-likeness (QED) is 0.824. The smallest absolute Gasteiger partial charge is 0.418 e. The molecule has 0 atom stereocenters. The van der Waals surface area contributed by atoms with Gasteiger partial charge < -0.3 is 10.4 Å². The van der Waals surface area contributed by atoms with Crippen molar-refractivity contribution >= 4 is 23.3 Å². The molecule has 0 saturated heterocycles. The number of hydrogen-bond donors (Lipinski definition) is 2. The van der Waals surface area contributed by atoms with Gasteiger partial charge >= 0.3 is 12.1 Å². The predicted octanol–water partition coefficient (Wildman–Crippen LogP) is 3.37. The highest BCUT2D eigenvalue weighted by molar-refractivity contribution is 6.30. The summed E-state index contributed by atoms with van der Waals surface area (Å²) < 4.78 is 37.7. The fourth-order valence-corrected chi connectivity index (χ4v) is 1.25. The van der Waals surface area contributed by atoms with E-state index in [2.05, 4.69) is 5.32 Å². The van der Waals surface area contributed by atoms with E-state index in [1.807, 2.05) is 0 Å². The minimum absolute atomic E-state index is 0.0508. The topological polar surface area (TPSA) is 49.3 Å². The predicted molar refractivity (Wildman–Crippen MR) is 56.9 cm³/mol. The lowest BCUT2D eigenvalue weighted by Gasteiger charge is -2.12. The zero-order valence-electron chi connectivity index (χ0n) is 8.25. The Morgan fingerprint density at radius 1 is 1.41 bits per heavy atom. The number of alkyl halides is 3. The fraction of sp³-hybridized carbons (Fsp3) is 0.100. The van der Waals surface area contributed by atoms with Crippen molar-refractivity contribution in [1.82, 2.24) is 0 Å². The standard InChI is InChI=1S/C10H7ClF3NO2/c11-6-1-2-8(15-4-3-9(16)17)7(5-6)10(12,13)14/h1-5,15H,(H,16,17)/b4-3+. The SMILES string of the molecule is O=C(O)/C=C/Nc1ccc(Cl)cc1C(F)(F)F. The molecular weight excluding hydrogens is 259 g/mol. The Labute approximate surface area is 99.5 Å². The third-order valence-corrected chi connectivity index (χ3v) is 1.99. The molecule has 1 rings (SSSR count). The molecule has 92 valence electrons. The summed E-state index contributed by atoms with van der Waals surface area (Å²) in [7, 11) is 0. The van der Waals surface area contributed by atoms with Crippen LogP contribution >= 0.6 is 11.6 Å². The average Bonchev–Trinajstić information content (AvgIpc) is 2.18. The molecule has 1 aromatic carbocycles. The first kappa shape index (κ1) is 13.4. The van der Waals surface area contributed by atoms with Crippen molar-refractivity contribution in [3.63, 3.8) is 0 Å². The molecule has 0 spiro atoms. The summed E-state index contributed by atoms with van der Waals surface area (Å²) >= 11 is 5.47. The number of carboxylic acids is 1. The summed E-state index contributed by atoms with van der Waals surface area (Å²) in [5, 5.41) is 10.5. The number of anilines is 1. The van der Waals surface area contributed by atoms with Crippen LogP contribution in [0.25, 0.3) is 0 Å². The Balaban J connectivity index is 3.03. The molecule has 0 unspecified atom stereocenters. The number of aliphatic carboxylic acids is 1. The Morgan fingerprint density at radius 2 is 2.06 bits per heavy atom.